The van der Waals surface area contributed by atoms with Gasteiger partial charge in [0.2, 0.25) is 0 Å². The van der Waals surface area contributed by atoms with Gasteiger partial charge >= 0.3 is 0 Å². The van der Waals surface area contributed by atoms with Gasteiger partial charge in [-0.3, -0.25) is 9.59 Å². The number of nitrogens with zero attached hydrogens (tertiary/aromatic N) is 2. The normalized spacial score (nSPS) is 17.8. The van der Waals surface area contributed by atoms with E-state index in [4.69, 9.17) is 4.74 Å². The highest BCUT2D eigenvalue weighted by Crippen LogP contribution is 2.29. The van der Waals surface area contributed by atoms with Gasteiger partial charge < -0.3 is 9.64 Å². The second-order valence-corrected chi connectivity index (χ2v) is 6.02. The van der Waals surface area contributed by atoms with Crippen molar-refractivity contribution in [1.29, 1.82) is 0 Å². The van der Waals surface area contributed by atoms with E-state index in [0.29, 0.717) is 11.3 Å². The van der Waals surface area contributed by atoms with Gasteiger partial charge in [-0.05, 0) is 29.8 Å². The molecule has 0 aromatic heterocycles. The van der Waals surface area contributed by atoms with Crippen LogP contribution in [0.25, 0.3) is 5.57 Å². The number of carbonyl (C=O) groups excluding carboxylic acids is 2. The minimum absolute atomic E-state index is 0.282. The lowest BCUT2D eigenvalue weighted by atomic mass is 10.1. The van der Waals surface area contributed by atoms with Gasteiger partial charge in [-0.15, -0.1) is 0 Å². The fraction of sp³-hybridized carbons (Fsp3) is 0.200. The predicted molar refractivity (Wildman–Crippen MR) is 96.4 cm³/mol. The Hall–Kier alpha value is -2.92. The minimum atomic E-state index is -0.303. The van der Waals surface area contributed by atoms with Crippen molar-refractivity contribution in [2.45, 2.75) is 0 Å². The van der Waals surface area contributed by atoms with E-state index >= 15 is 0 Å². The summed E-state index contributed by atoms with van der Waals surface area (Å²) >= 11 is 0. The van der Waals surface area contributed by atoms with Crippen LogP contribution in [0.5, 0.6) is 0 Å². The molecule has 2 aromatic rings. The second kappa shape index (κ2) is 6.53. The maximum Gasteiger partial charge on any atom is 0.266 e. The highest BCUT2D eigenvalue weighted by atomic mass is 16.5. The quantitative estimate of drug-likeness (QED) is 0.809. The van der Waals surface area contributed by atoms with E-state index < -0.39 is 0 Å². The first-order valence-electron chi connectivity index (χ1n) is 8.32. The first-order chi connectivity index (χ1) is 12.2. The van der Waals surface area contributed by atoms with E-state index in [0.717, 1.165) is 37.6 Å². The van der Waals surface area contributed by atoms with Crippen molar-refractivity contribution in [1.82, 2.24) is 0 Å². The van der Waals surface area contributed by atoms with Gasteiger partial charge in [0.15, 0.2) is 0 Å². The Morgan fingerprint density at radius 3 is 2.12 bits per heavy atom. The third kappa shape index (κ3) is 2.94. The van der Waals surface area contributed by atoms with Gasteiger partial charge in [0.25, 0.3) is 11.8 Å². The SMILES string of the molecule is O=C1C=C(c2ccccc2)C(=O)N1c1ccc(N2CCOCC2)cc1. The molecule has 1 fully saturated rings. The zero-order valence-corrected chi connectivity index (χ0v) is 13.7. The van der Waals surface area contributed by atoms with Crippen LogP contribution in [0.3, 0.4) is 0 Å². The third-order valence-electron chi connectivity index (χ3n) is 4.49. The summed E-state index contributed by atoms with van der Waals surface area (Å²) in [7, 11) is 0. The summed E-state index contributed by atoms with van der Waals surface area (Å²) in [6.07, 6.45) is 1.41. The van der Waals surface area contributed by atoms with Gasteiger partial charge in [-0.1, -0.05) is 30.3 Å². The summed E-state index contributed by atoms with van der Waals surface area (Å²) in [4.78, 5) is 28.5. The molecule has 5 heteroatoms. The van der Waals surface area contributed by atoms with E-state index in [1.807, 2.05) is 54.6 Å². The molecule has 0 N–H and O–H groups in total. The molecule has 0 atom stereocenters. The topological polar surface area (TPSA) is 49.9 Å². The number of benzene rings is 2. The Balaban J connectivity index is 1.56. The molecule has 25 heavy (non-hydrogen) atoms. The molecule has 0 spiro atoms. The fourth-order valence-corrected chi connectivity index (χ4v) is 3.17. The zero-order valence-electron chi connectivity index (χ0n) is 13.7. The maximum absolute atomic E-state index is 12.7. The molecular formula is C20H18N2O3. The average Bonchev–Trinajstić information content (AvgIpc) is 2.98. The summed E-state index contributed by atoms with van der Waals surface area (Å²) in [5.41, 5.74) is 2.85. The van der Waals surface area contributed by atoms with Crippen molar-refractivity contribution in [3.05, 3.63) is 66.2 Å². The maximum atomic E-state index is 12.7. The van der Waals surface area contributed by atoms with E-state index in [-0.39, 0.29) is 11.8 Å². The summed E-state index contributed by atoms with van der Waals surface area (Å²) in [6.45, 7) is 3.13. The Morgan fingerprint density at radius 1 is 0.800 bits per heavy atom. The lowest BCUT2D eigenvalue weighted by Crippen LogP contribution is -2.36. The number of carbonyl (C=O) groups is 2. The molecule has 0 radical (unpaired) electrons. The Bertz CT molecular complexity index is 822. The molecule has 4 rings (SSSR count). The highest BCUT2D eigenvalue weighted by molar-refractivity contribution is 6.43. The molecule has 0 aliphatic carbocycles. The van der Waals surface area contributed by atoms with Crippen molar-refractivity contribution in [2.75, 3.05) is 36.1 Å². The number of imide groups is 1. The van der Waals surface area contributed by atoms with Crippen LogP contribution >= 0.6 is 0 Å². The van der Waals surface area contributed by atoms with Gasteiger partial charge in [0, 0.05) is 24.9 Å². The van der Waals surface area contributed by atoms with Crippen LogP contribution in [0, 0.1) is 0 Å². The standard InChI is InChI=1S/C20H18N2O3/c23-19-14-18(15-4-2-1-3-5-15)20(24)22(19)17-8-6-16(7-9-17)21-10-12-25-13-11-21/h1-9,14H,10-13H2. The fourth-order valence-electron chi connectivity index (χ4n) is 3.17. The summed E-state index contributed by atoms with van der Waals surface area (Å²) in [5.74, 6) is -0.585. The number of ether oxygens (including phenoxy) is 1. The lowest BCUT2D eigenvalue weighted by molar-refractivity contribution is -0.119. The van der Waals surface area contributed by atoms with Crippen LogP contribution in [-0.2, 0) is 14.3 Å². The van der Waals surface area contributed by atoms with Crippen molar-refractivity contribution >= 4 is 28.8 Å². The van der Waals surface area contributed by atoms with E-state index in [2.05, 4.69) is 4.90 Å². The number of morpholine rings is 1. The van der Waals surface area contributed by atoms with Crippen molar-refractivity contribution < 1.29 is 14.3 Å². The van der Waals surface area contributed by atoms with Crippen molar-refractivity contribution in [3.8, 4) is 0 Å². The lowest BCUT2D eigenvalue weighted by Gasteiger charge is -2.29. The largest absolute Gasteiger partial charge is 0.378 e. The van der Waals surface area contributed by atoms with Crippen LogP contribution in [0.4, 0.5) is 11.4 Å². The summed E-state index contributed by atoms with van der Waals surface area (Å²) in [5, 5.41) is 0. The molecule has 2 aliphatic heterocycles. The monoisotopic (exact) mass is 334 g/mol. The van der Waals surface area contributed by atoms with Gasteiger partial charge in [0.1, 0.15) is 0 Å². The predicted octanol–water partition coefficient (Wildman–Crippen LogP) is 2.48. The third-order valence-corrected chi connectivity index (χ3v) is 4.49. The van der Waals surface area contributed by atoms with E-state index in [1.54, 1.807) is 0 Å². The number of hydrogen-bond donors (Lipinski definition) is 0. The molecule has 2 aromatic carbocycles. The smallest absolute Gasteiger partial charge is 0.266 e. The molecule has 0 unspecified atom stereocenters. The number of amides is 2. The molecule has 5 nitrogen and oxygen atoms in total. The van der Waals surface area contributed by atoms with Gasteiger partial charge in [-0.2, -0.15) is 0 Å². The number of hydrogen-bond acceptors (Lipinski definition) is 4. The number of anilines is 2. The van der Waals surface area contributed by atoms with E-state index in [9.17, 15) is 9.59 Å². The Kier molecular flexibility index (Phi) is 4.07. The molecule has 1 saturated heterocycles. The molecular weight excluding hydrogens is 316 g/mol. The second-order valence-electron chi connectivity index (χ2n) is 6.02. The summed E-state index contributed by atoms with van der Waals surface area (Å²) in [6, 6.07) is 16.8. The van der Waals surface area contributed by atoms with Crippen molar-refractivity contribution in [3.63, 3.8) is 0 Å². The van der Waals surface area contributed by atoms with Gasteiger partial charge in [0.05, 0.1) is 24.5 Å². The van der Waals surface area contributed by atoms with Crippen LogP contribution in [0.2, 0.25) is 0 Å². The van der Waals surface area contributed by atoms with E-state index in [1.165, 1.54) is 11.0 Å². The molecule has 0 bridgehead atoms. The molecule has 0 saturated carbocycles. The minimum Gasteiger partial charge on any atom is -0.378 e. The summed E-state index contributed by atoms with van der Waals surface area (Å²) < 4.78 is 5.36. The van der Waals surface area contributed by atoms with Crippen LogP contribution in [0.1, 0.15) is 5.56 Å². The van der Waals surface area contributed by atoms with Crippen LogP contribution < -0.4 is 9.80 Å². The first-order valence-corrected chi connectivity index (χ1v) is 8.32. The first kappa shape index (κ1) is 15.6. The molecule has 2 aliphatic rings. The highest BCUT2D eigenvalue weighted by Gasteiger charge is 2.32. The van der Waals surface area contributed by atoms with Crippen LogP contribution in [0.15, 0.2) is 60.7 Å². The molecule has 2 heterocycles. The Morgan fingerprint density at radius 2 is 1.44 bits per heavy atom. The van der Waals surface area contributed by atoms with Gasteiger partial charge in [-0.25, -0.2) is 4.90 Å². The average molecular weight is 334 g/mol. The van der Waals surface area contributed by atoms with Crippen LogP contribution in [-0.4, -0.2) is 38.1 Å². The number of rotatable bonds is 3. The van der Waals surface area contributed by atoms with Crippen molar-refractivity contribution in [2.24, 2.45) is 0 Å². The zero-order chi connectivity index (χ0) is 17.2. The Labute approximate surface area is 146 Å². The molecule has 2 amide bonds. The molecule has 126 valence electrons.